The number of rotatable bonds is 4. The summed E-state index contributed by atoms with van der Waals surface area (Å²) < 4.78 is 0. The van der Waals surface area contributed by atoms with Crippen molar-refractivity contribution < 1.29 is 14.7 Å². The number of carbonyl (C=O) groups excluding carboxylic acids is 1. The van der Waals surface area contributed by atoms with Crippen molar-refractivity contribution in [2.24, 2.45) is 5.92 Å². The molecule has 26 heavy (non-hydrogen) atoms. The lowest BCUT2D eigenvalue weighted by Gasteiger charge is -2.26. The second-order valence-electron chi connectivity index (χ2n) is 6.96. The molecule has 2 aromatic carbocycles. The van der Waals surface area contributed by atoms with Crippen LogP contribution >= 0.6 is 0 Å². The number of carboxylic acids is 1. The van der Waals surface area contributed by atoms with E-state index >= 15 is 0 Å². The average molecular weight is 352 g/mol. The van der Waals surface area contributed by atoms with Gasteiger partial charge in [-0.3, -0.25) is 4.79 Å². The Morgan fingerprint density at radius 2 is 1.58 bits per heavy atom. The third-order valence-electron chi connectivity index (χ3n) is 4.99. The summed E-state index contributed by atoms with van der Waals surface area (Å²) in [6.45, 7) is 1.98. The molecule has 0 saturated heterocycles. The second-order valence-corrected chi connectivity index (χ2v) is 6.96. The number of nitrogens with one attached hydrogen (secondary N) is 2. The van der Waals surface area contributed by atoms with E-state index in [-0.39, 0.29) is 11.9 Å². The highest BCUT2D eigenvalue weighted by atomic mass is 16.4. The summed E-state index contributed by atoms with van der Waals surface area (Å²) in [6, 6.07) is 15.2. The van der Waals surface area contributed by atoms with Crippen LogP contribution in [0.4, 0.5) is 16.2 Å². The summed E-state index contributed by atoms with van der Waals surface area (Å²) in [4.78, 5) is 23.2. The summed E-state index contributed by atoms with van der Waals surface area (Å²) in [5.74, 6) is -0.471. The van der Waals surface area contributed by atoms with Gasteiger partial charge in [-0.2, -0.15) is 0 Å². The van der Waals surface area contributed by atoms with Gasteiger partial charge in [0.1, 0.15) is 0 Å². The monoisotopic (exact) mass is 352 g/mol. The van der Waals surface area contributed by atoms with Crippen LogP contribution in [0.5, 0.6) is 0 Å². The quantitative estimate of drug-likeness (QED) is 0.725. The number of aryl methyl sites for hydroxylation is 1. The fourth-order valence-corrected chi connectivity index (χ4v) is 3.53. The van der Waals surface area contributed by atoms with Gasteiger partial charge in [0.15, 0.2) is 0 Å². The molecule has 0 heterocycles. The van der Waals surface area contributed by atoms with Crippen LogP contribution in [0.25, 0.3) is 0 Å². The van der Waals surface area contributed by atoms with E-state index in [0.717, 1.165) is 42.6 Å². The zero-order valence-corrected chi connectivity index (χ0v) is 14.9. The molecule has 136 valence electrons. The van der Waals surface area contributed by atoms with Crippen molar-refractivity contribution in [1.29, 1.82) is 0 Å². The van der Waals surface area contributed by atoms with Crippen LogP contribution in [0.3, 0.4) is 0 Å². The molecule has 0 unspecified atom stereocenters. The van der Waals surface area contributed by atoms with Crippen LogP contribution in [0, 0.1) is 12.8 Å². The van der Waals surface area contributed by atoms with E-state index < -0.39 is 5.97 Å². The Morgan fingerprint density at radius 1 is 0.923 bits per heavy atom. The predicted octanol–water partition coefficient (Wildman–Crippen LogP) is 5.00. The Kier molecular flexibility index (Phi) is 5.56. The molecule has 5 heteroatoms. The Balaban J connectivity index is 1.54. The van der Waals surface area contributed by atoms with Gasteiger partial charge in [-0.05, 0) is 73.9 Å². The first-order chi connectivity index (χ1) is 12.5. The van der Waals surface area contributed by atoms with Gasteiger partial charge in [-0.1, -0.05) is 24.3 Å². The van der Waals surface area contributed by atoms with Crippen LogP contribution in [0.1, 0.15) is 42.7 Å². The van der Waals surface area contributed by atoms with Crippen molar-refractivity contribution in [3.8, 4) is 0 Å². The van der Waals surface area contributed by atoms with Crippen LogP contribution in [-0.4, -0.2) is 17.1 Å². The van der Waals surface area contributed by atoms with Gasteiger partial charge in [0, 0.05) is 11.4 Å². The molecule has 2 amide bonds. The minimum absolute atomic E-state index is 0.197. The number of aliphatic carboxylic acids is 1. The van der Waals surface area contributed by atoms with Gasteiger partial charge in [0.2, 0.25) is 0 Å². The Bertz CT molecular complexity index is 778. The number of carbonyl (C=O) groups is 2. The lowest BCUT2D eigenvalue weighted by Crippen LogP contribution is -2.21. The summed E-state index contributed by atoms with van der Waals surface area (Å²) in [7, 11) is 0. The number of amides is 2. The predicted molar refractivity (Wildman–Crippen MR) is 103 cm³/mol. The molecule has 0 aliphatic heterocycles. The average Bonchev–Trinajstić information content (AvgIpc) is 2.62. The second kappa shape index (κ2) is 8.04. The van der Waals surface area contributed by atoms with Crippen molar-refractivity contribution in [1.82, 2.24) is 0 Å². The number of urea groups is 1. The molecule has 0 radical (unpaired) electrons. The number of anilines is 2. The van der Waals surface area contributed by atoms with Crippen LogP contribution in [0.15, 0.2) is 48.5 Å². The summed E-state index contributed by atoms with van der Waals surface area (Å²) in [5, 5.41) is 14.7. The van der Waals surface area contributed by atoms with Crippen molar-refractivity contribution in [3.63, 3.8) is 0 Å². The molecule has 1 fully saturated rings. The zero-order chi connectivity index (χ0) is 18.5. The van der Waals surface area contributed by atoms with Gasteiger partial charge in [-0.25, -0.2) is 4.79 Å². The summed E-state index contributed by atoms with van der Waals surface area (Å²) in [6.07, 6.45) is 3.27. The number of hydrogen-bond donors (Lipinski definition) is 3. The molecule has 2 aromatic rings. The van der Waals surface area contributed by atoms with Gasteiger partial charge >= 0.3 is 12.0 Å². The van der Waals surface area contributed by atoms with E-state index in [0.29, 0.717) is 5.92 Å². The molecule has 3 rings (SSSR count). The SMILES string of the molecule is Cc1cccc(NC(=O)Nc2ccc(C3CCC(C(=O)O)CC3)cc2)c1. The molecule has 0 aromatic heterocycles. The minimum atomic E-state index is -0.678. The van der Waals surface area contributed by atoms with Crippen molar-refractivity contribution in [2.75, 3.05) is 10.6 Å². The molecule has 0 spiro atoms. The maximum absolute atomic E-state index is 12.1. The molecular weight excluding hydrogens is 328 g/mol. The highest BCUT2D eigenvalue weighted by Gasteiger charge is 2.26. The summed E-state index contributed by atoms with van der Waals surface area (Å²) in [5.41, 5.74) is 3.79. The van der Waals surface area contributed by atoms with Gasteiger partial charge < -0.3 is 15.7 Å². The Hall–Kier alpha value is -2.82. The fourth-order valence-electron chi connectivity index (χ4n) is 3.53. The van der Waals surface area contributed by atoms with Gasteiger partial charge in [0.05, 0.1) is 5.92 Å². The summed E-state index contributed by atoms with van der Waals surface area (Å²) >= 11 is 0. The van der Waals surface area contributed by atoms with E-state index in [1.807, 2.05) is 55.5 Å². The lowest BCUT2D eigenvalue weighted by molar-refractivity contribution is -0.142. The third kappa shape index (κ3) is 4.63. The number of benzene rings is 2. The van der Waals surface area contributed by atoms with Crippen LogP contribution in [0.2, 0.25) is 0 Å². The third-order valence-corrected chi connectivity index (χ3v) is 4.99. The number of carboxylic acid groups (broad SMARTS) is 1. The van der Waals surface area contributed by atoms with Crippen molar-refractivity contribution in [3.05, 3.63) is 59.7 Å². The first kappa shape index (κ1) is 18.0. The topological polar surface area (TPSA) is 78.4 Å². The van der Waals surface area contributed by atoms with Crippen LogP contribution < -0.4 is 10.6 Å². The van der Waals surface area contributed by atoms with Gasteiger partial charge in [-0.15, -0.1) is 0 Å². The molecular formula is C21H24N2O3. The van der Waals surface area contributed by atoms with Crippen molar-refractivity contribution in [2.45, 2.75) is 38.5 Å². The molecule has 5 nitrogen and oxygen atoms in total. The highest BCUT2D eigenvalue weighted by molar-refractivity contribution is 5.99. The van der Waals surface area contributed by atoms with E-state index in [9.17, 15) is 9.59 Å². The van der Waals surface area contributed by atoms with E-state index in [2.05, 4.69) is 10.6 Å². The molecule has 1 aliphatic rings. The normalized spacial score (nSPS) is 19.6. The van der Waals surface area contributed by atoms with Crippen molar-refractivity contribution >= 4 is 23.4 Å². The molecule has 0 atom stereocenters. The smallest absolute Gasteiger partial charge is 0.323 e. The first-order valence-electron chi connectivity index (χ1n) is 8.98. The fraction of sp³-hybridized carbons (Fsp3) is 0.333. The van der Waals surface area contributed by atoms with E-state index in [1.54, 1.807) is 0 Å². The molecule has 0 bridgehead atoms. The highest BCUT2D eigenvalue weighted by Crippen LogP contribution is 2.36. The van der Waals surface area contributed by atoms with E-state index in [4.69, 9.17) is 5.11 Å². The van der Waals surface area contributed by atoms with Gasteiger partial charge in [0.25, 0.3) is 0 Å². The maximum atomic E-state index is 12.1. The largest absolute Gasteiger partial charge is 0.481 e. The molecule has 1 saturated carbocycles. The minimum Gasteiger partial charge on any atom is -0.481 e. The van der Waals surface area contributed by atoms with E-state index in [1.165, 1.54) is 5.56 Å². The standard InChI is InChI=1S/C21H24N2O3/c1-14-3-2-4-19(13-14)23-21(26)22-18-11-9-16(10-12-18)15-5-7-17(8-6-15)20(24)25/h2-4,9-13,15,17H,5-8H2,1H3,(H,24,25)(H2,22,23,26). The number of hydrogen-bond acceptors (Lipinski definition) is 2. The van der Waals surface area contributed by atoms with Crippen LogP contribution in [-0.2, 0) is 4.79 Å². The first-order valence-corrected chi connectivity index (χ1v) is 8.98. The Labute approximate surface area is 153 Å². The molecule has 1 aliphatic carbocycles. The Morgan fingerprint density at radius 3 is 2.19 bits per heavy atom. The molecule has 3 N–H and O–H groups in total. The zero-order valence-electron chi connectivity index (χ0n) is 14.9. The maximum Gasteiger partial charge on any atom is 0.323 e. The lowest BCUT2D eigenvalue weighted by atomic mass is 9.79.